The molecule has 110 valence electrons. The van der Waals surface area contributed by atoms with Crippen molar-refractivity contribution >= 4 is 5.82 Å². The van der Waals surface area contributed by atoms with Crippen molar-refractivity contribution < 1.29 is 4.74 Å². The minimum Gasteiger partial charge on any atom is -0.494 e. The van der Waals surface area contributed by atoms with Gasteiger partial charge in [0.25, 0.3) is 0 Å². The standard InChI is InChI=1S/C16H20N4O/c1-2-7-15-14(12-17)16(18)20(19-15)10-6-11-21-13-8-4-3-5-9-13/h3-5,8-9H,2,6-7,10-11,18H2,1H3. The second-order valence-electron chi connectivity index (χ2n) is 4.81. The lowest BCUT2D eigenvalue weighted by Gasteiger charge is -2.06. The number of rotatable bonds is 7. The number of aromatic nitrogens is 2. The molecule has 0 atom stereocenters. The van der Waals surface area contributed by atoms with E-state index in [1.54, 1.807) is 4.68 Å². The molecule has 0 fully saturated rings. The number of nitrogens with two attached hydrogens (primary N) is 1. The molecule has 0 bridgehead atoms. The molecule has 2 rings (SSSR count). The van der Waals surface area contributed by atoms with E-state index in [1.165, 1.54) is 0 Å². The number of nitriles is 1. The van der Waals surface area contributed by atoms with Gasteiger partial charge in [0.05, 0.1) is 12.3 Å². The van der Waals surface area contributed by atoms with Crippen molar-refractivity contribution in [3.8, 4) is 11.8 Å². The van der Waals surface area contributed by atoms with E-state index < -0.39 is 0 Å². The van der Waals surface area contributed by atoms with Crippen LogP contribution in [0, 0.1) is 11.3 Å². The number of nitrogen functional groups attached to an aromatic ring is 1. The Morgan fingerprint density at radius 2 is 2.10 bits per heavy atom. The summed E-state index contributed by atoms with van der Waals surface area (Å²) in [6, 6.07) is 11.8. The lowest BCUT2D eigenvalue weighted by Crippen LogP contribution is -2.09. The van der Waals surface area contributed by atoms with Crippen LogP contribution in [0.25, 0.3) is 0 Å². The maximum absolute atomic E-state index is 9.15. The highest BCUT2D eigenvalue weighted by Gasteiger charge is 2.14. The highest BCUT2D eigenvalue weighted by atomic mass is 16.5. The molecule has 5 nitrogen and oxygen atoms in total. The van der Waals surface area contributed by atoms with E-state index >= 15 is 0 Å². The van der Waals surface area contributed by atoms with Crippen LogP contribution in [0.3, 0.4) is 0 Å². The van der Waals surface area contributed by atoms with Crippen LogP contribution in [0.4, 0.5) is 5.82 Å². The van der Waals surface area contributed by atoms with Crippen LogP contribution in [0.5, 0.6) is 5.75 Å². The average molecular weight is 284 g/mol. The van der Waals surface area contributed by atoms with Crippen LogP contribution in [0.15, 0.2) is 30.3 Å². The number of anilines is 1. The van der Waals surface area contributed by atoms with Crippen LogP contribution in [-0.4, -0.2) is 16.4 Å². The first-order chi connectivity index (χ1) is 10.3. The normalized spacial score (nSPS) is 10.3. The lowest BCUT2D eigenvalue weighted by atomic mass is 10.2. The van der Waals surface area contributed by atoms with Crippen molar-refractivity contribution in [3.05, 3.63) is 41.6 Å². The fraction of sp³-hybridized carbons (Fsp3) is 0.375. The molecule has 0 aliphatic carbocycles. The Hall–Kier alpha value is -2.48. The number of benzene rings is 1. The van der Waals surface area contributed by atoms with Gasteiger partial charge in [-0.25, -0.2) is 4.68 Å². The molecule has 1 aromatic carbocycles. The SMILES string of the molecule is CCCc1nn(CCCOc2ccccc2)c(N)c1C#N. The second kappa shape index (κ2) is 7.34. The molecule has 0 unspecified atom stereocenters. The van der Waals surface area contributed by atoms with E-state index in [1.807, 2.05) is 30.3 Å². The predicted molar refractivity (Wildman–Crippen MR) is 81.9 cm³/mol. The maximum Gasteiger partial charge on any atom is 0.140 e. The number of hydrogen-bond donors (Lipinski definition) is 1. The Bertz CT molecular complexity index is 613. The number of hydrogen-bond acceptors (Lipinski definition) is 4. The van der Waals surface area contributed by atoms with Gasteiger partial charge in [-0.05, 0) is 18.6 Å². The molecular weight excluding hydrogens is 264 g/mol. The Morgan fingerprint density at radius 3 is 2.76 bits per heavy atom. The van der Waals surface area contributed by atoms with E-state index in [0.29, 0.717) is 24.5 Å². The Kier molecular flexibility index (Phi) is 5.22. The second-order valence-corrected chi connectivity index (χ2v) is 4.81. The van der Waals surface area contributed by atoms with Crippen LogP contribution in [-0.2, 0) is 13.0 Å². The molecule has 5 heteroatoms. The topological polar surface area (TPSA) is 76.9 Å². The van der Waals surface area contributed by atoms with Gasteiger partial charge in [-0.2, -0.15) is 10.4 Å². The summed E-state index contributed by atoms with van der Waals surface area (Å²) in [5, 5.41) is 13.6. The van der Waals surface area contributed by atoms with Crippen molar-refractivity contribution in [2.24, 2.45) is 0 Å². The van der Waals surface area contributed by atoms with Crippen LogP contribution in [0.1, 0.15) is 31.0 Å². The van der Waals surface area contributed by atoms with Crippen molar-refractivity contribution in [1.82, 2.24) is 9.78 Å². The van der Waals surface area contributed by atoms with Gasteiger partial charge >= 0.3 is 0 Å². The summed E-state index contributed by atoms with van der Waals surface area (Å²) in [7, 11) is 0. The summed E-state index contributed by atoms with van der Waals surface area (Å²) in [6.07, 6.45) is 2.51. The number of nitrogens with zero attached hydrogens (tertiary/aromatic N) is 3. The quantitative estimate of drug-likeness (QED) is 0.793. The molecule has 0 aliphatic rings. The zero-order valence-electron chi connectivity index (χ0n) is 12.2. The van der Waals surface area contributed by atoms with E-state index in [0.717, 1.165) is 30.7 Å². The maximum atomic E-state index is 9.15. The third kappa shape index (κ3) is 3.76. The summed E-state index contributed by atoms with van der Waals surface area (Å²) < 4.78 is 7.34. The zero-order valence-corrected chi connectivity index (χ0v) is 12.2. The molecule has 0 aliphatic heterocycles. The molecule has 1 heterocycles. The first-order valence-corrected chi connectivity index (χ1v) is 7.19. The molecule has 21 heavy (non-hydrogen) atoms. The summed E-state index contributed by atoms with van der Waals surface area (Å²) in [5.74, 6) is 1.32. The summed E-state index contributed by atoms with van der Waals surface area (Å²) in [4.78, 5) is 0. The molecule has 0 radical (unpaired) electrons. The number of para-hydroxylation sites is 1. The van der Waals surface area contributed by atoms with E-state index in [2.05, 4.69) is 18.1 Å². The summed E-state index contributed by atoms with van der Waals surface area (Å²) >= 11 is 0. The molecule has 2 N–H and O–H groups in total. The zero-order chi connectivity index (χ0) is 15.1. The van der Waals surface area contributed by atoms with Gasteiger partial charge in [0, 0.05) is 13.0 Å². The third-order valence-corrected chi connectivity index (χ3v) is 3.19. The Morgan fingerprint density at radius 1 is 1.33 bits per heavy atom. The van der Waals surface area contributed by atoms with Gasteiger partial charge in [-0.3, -0.25) is 0 Å². The van der Waals surface area contributed by atoms with Crippen molar-refractivity contribution in [2.75, 3.05) is 12.3 Å². The van der Waals surface area contributed by atoms with Crippen LogP contribution in [0.2, 0.25) is 0 Å². The van der Waals surface area contributed by atoms with E-state index in [9.17, 15) is 0 Å². The monoisotopic (exact) mass is 284 g/mol. The highest BCUT2D eigenvalue weighted by Crippen LogP contribution is 2.17. The molecule has 1 aromatic heterocycles. The van der Waals surface area contributed by atoms with Crippen molar-refractivity contribution in [1.29, 1.82) is 5.26 Å². The molecule has 2 aromatic rings. The van der Waals surface area contributed by atoms with Crippen molar-refractivity contribution in [2.45, 2.75) is 32.7 Å². The lowest BCUT2D eigenvalue weighted by molar-refractivity contribution is 0.299. The molecule has 0 spiro atoms. The van der Waals surface area contributed by atoms with Crippen LogP contribution >= 0.6 is 0 Å². The van der Waals surface area contributed by atoms with Crippen LogP contribution < -0.4 is 10.5 Å². The van der Waals surface area contributed by atoms with Gasteiger partial charge < -0.3 is 10.5 Å². The molecule has 0 saturated carbocycles. The summed E-state index contributed by atoms with van der Waals surface area (Å²) in [6.45, 7) is 3.30. The van der Waals surface area contributed by atoms with Gasteiger partial charge in [0.2, 0.25) is 0 Å². The van der Waals surface area contributed by atoms with Gasteiger partial charge in [0.1, 0.15) is 23.2 Å². The van der Waals surface area contributed by atoms with Gasteiger partial charge in [0.15, 0.2) is 0 Å². The Labute approximate surface area is 124 Å². The molecular formula is C16H20N4O. The number of aryl methyl sites for hydroxylation is 2. The highest BCUT2D eigenvalue weighted by molar-refractivity contribution is 5.52. The van der Waals surface area contributed by atoms with Gasteiger partial charge in [-0.1, -0.05) is 31.5 Å². The van der Waals surface area contributed by atoms with Crippen molar-refractivity contribution in [3.63, 3.8) is 0 Å². The minimum atomic E-state index is 0.459. The molecule has 0 amide bonds. The smallest absolute Gasteiger partial charge is 0.140 e. The fourth-order valence-corrected chi connectivity index (χ4v) is 2.15. The van der Waals surface area contributed by atoms with E-state index in [-0.39, 0.29) is 0 Å². The first kappa shape index (κ1) is 14.9. The first-order valence-electron chi connectivity index (χ1n) is 7.19. The molecule has 0 saturated heterocycles. The largest absolute Gasteiger partial charge is 0.494 e. The average Bonchev–Trinajstić information content (AvgIpc) is 2.80. The number of ether oxygens (including phenoxy) is 1. The Balaban J connectivity index is 1.90. The third-order valence-electron chi connectivity index (χ3n) is 3.19. The fourth-order valence-electron chi connectivity index (χ4n) is 2.15. The summed E-state index contributed by atoms with van der Waals surface area (Å²) in [5.41, 5.74) is 7.28. The van der Waals surface area contributed by atoms with E-state index in [4.69, 9.17) is 15.7 Å². The minimum absolute atomic E-state index is 0.459. The predicted octanol–water partition coefficient (Wildman–Crippen LogP) is 2.76. The van der Waals surface area contributed by atoms with Gasteiger partial charge in [-0.15, -0.1) is 0 Å².